The Kier molecular flexibility index (Phi) is 3.25. The van der Waals surface area contributed by atoms with Crippen LogP contribution in [-0.4, -0.2) is 21.5 Å². The van der Waals surface area contributed by atoms with Crippen LogP contribution in [0.15, 0.2) is 23.1 Å². The molecule has 0 saturated heterocycles. The number of halogens is 3. The molecular weight excluding hydrogens is 285 g/mol. The molecule has 0 atom stereocenters. The molecule has 1 aliphatic heterocycles. The van der Waals surface area contributed by atoms with Crippen molar-refractivity contribution in [3.63, 3.8) is 0 Å². The van der Waals surface area contributed by atoms with Crippen LogP contribution in [0.2, 0.25) is 0 Å². The van der Waals surface area contributed by atoms with Crippen LogP contribution in [-0.2, 0) is 19.1 Å². The fourth-order valence-electron chi connectivity index (χ4n) is 2.30. The molecule has 0 aliphatic carbocycles. The molecule has 5 nitrogen and oxygen atoms in total. The van der Waals surface area contributed by atoms with Crippen molar-refractivity contribution in [2.45, 2.75) is 19.1 Å². The summed E-state index contributed by atoms with van der Waals surface area (Å²) in [5.74, 6) is -0.0962. The van der Waals surface area contributed by atoms with E-state index < -0.39 is 17.4 Å². The quantitative estimate of drug-likeness (QED) is 0.836. The molecule has 21 heavy (non-hydrogen) atoms. The largest absolute Gasteiger partial charge is 0.434 e. The molecule has 3 rings (SSSR count). The van der Waals surface area contributed by atoms with Gasteiger partial charge in [-0.3, -0.25) is 9.78 Å². The van der Waals surface area contributed by atoms with E-state index >= 15 is 0 Å². The van der Waals surface area contributed by atoms with Crippen LogP contribution in [0.3, 0.4) is 0 Å². The maximum absolute atomic E-state index is 13.0. The van der Waals surface area contributed by atoms with E-state index in [1.807, 2.05) is 0 Å². The smallest absolute Gasteiger partial charge is 0.312 e. The van der Waals surface area contributed by atoms with Gasteiger partial charge < -0.3 is 10.3 Å². The number of rotatable bonds is 1. The van der Waals surface area contributed by atoms with Crippen molar-refractivity contribution in [1.29, 1.82) is 0 Å². The summed E-state index contributed by atoms with van der Waals surface area (Å²) in [5, 5.41) is 3.02. The van der Waals surface area contributed by atoms with Crippen molar-refractivity contribution in [2.24, 2.45) is 0 Å². The molecule has 3 heterocycles. The van der Waals surface area contributed by atoms with E-state index in [4.69, 9.17) is 0 Å². The lowest BCUT2D eigenvalue weighted by molar-refractivity contribution is -0.140. The van der Waals surface area contributed by atoms with E-state index in [9.17, 15) is 18.0 Å². The molecule has 2 N–H and O–H groups in total. The third-order valence-electron chi connectivity index (χ3n) is 3.27. The number of fused-ring (bicyclic) bond motifs is 1. The maximum atomic E-state index is 13.0. The van der Waals surface area contributed by atoms with Crippen LogP contribution >= 0.6 is 0 Å². The monoisotopic (exact) mass is 296 g/mol. The minimum Gasteiger partial charge on any atom is -0.312 e. The van der Waals surface area contributed by atoms with E-state index in [2.05, 4.69) is 20.3 Å². The molecule has 8 heteroatoms. The molecule has 0 radical (unpaired) electrons. The normalized spacial score (nSPS) is 14.8. The van der Waals surface area contributed by atoms with Crippen molar-refractivity contribution >= 4 is 0 Å². The number of pyridine rings is 1. The zero-order chi connectivity index (χ0) is 15.0. The molecule has 0 fully saturated rings. The van der Waals surface area contributed by atoms with Gasteiger partial charge >= 0.3 is 6.18 Å². The summed E-state index contributed by atoms with van der Waals surface area (Å²) < 4.78 is 38.9. The van der Waals surface area contributed by atoms with Crippen molar-refractivity contribution in [2.75, 3.05) is 6.54 Å². The molecule has 0 amide bonds. The Morgan fingerprint density at radius 1 is 1.29 bits per heavy atom. The lowest BCUT2D eigenvalue weighted by Crippen LogP contribution is -2.31. The summed E-state index contributed by atoms with van der Waals surface area (Å²) in [6.45, 7) is 1.01. The molecule has 2 aromatic rings. The van der Waals surface area contributed by atoms with Crippen molar-refractivity contribution in [3.8, 4) is 11.4 Å². The summed E-state index contributed by atoms with van der Waals surface area (Å²) >= 11 is 0. The Morgan fingerprint density at radius 3 is 2.86 bits per heavy atom. The third-order valence-corrected chi connectivity index (χ3v) is 3.27. The number of hydrogen-bond donors (Lipinski definition) is 2. The summed E-state index contributed by atoms with van der Waals surface area (Å²) in [5.41, 5.74) is -0.684. The van der Waals surface area contributed by atoms with Crippen LogP contribution in [0, 0.1) is 0 Å². The van der Waals surface area contributed by atoms with E-state index in [1.165, 1.54) is 12.1 Å². The van der Waals surface area contributed by atoms with E-state index in [0.29, 0.717) is 30.8 Å². The van der Waals surface area contributed by atoms with Gasteiger partial charge in [0.2, 0.25) is 0 Å². The van der Waals surface area contributed by atoms with Crippen LogP contribution in [0.1, 0.15) is 17.0 Å². The lowest BCUT2D eigenvalue weighted by atomic mass is 10.1. The zero-order valence-electron chi connectivity index (χ0n) is 10.8. The standard InChI is InChI=1S/C13H11F3N4O/c14-13(15,16)10-7(2-1-4-18-10)11-19-9-3-5-17-6-8(9)12(21)20-11/h1-2,4,17H,3,5-6H2,(H,19,20,21). The fraction of sp³-hybridized carbons (Fsp3) is 0.308. The second-order valence-electron chi connectivity index (χ2n) is 4.66. The van der Waals surface area contributed by atoms with Gasteiger partial charge in [-0.2, -0.15) is 13.2 Å². The Labute approximate surface area is 117 Å². The minimum atomic E-state index is -4.60. The van der Waals surface area contributed by atoms with Gasteiger partial charge in [-0.05, 0) is 12.1 Å². The first kappa shape index (κ1) is 13.7. The van der Waals surface area contributed by atoms with Gasteiger partial charge in [0.1, 0.15) is 5.82 Å². The highest BCUT2D eigenvalue weighted by molar-refractivity contribution is 5.59. The molecule has 0 saturated carbocycles. The number of nitrogens with one attached hydrogen (secondary N) is 2. The van der Waals surface area contributed by atoms with E-state index in [-0.39, 0.29) is 11.4 Å². The molecule has 1 aliphatic rings. The lowest BCUT2D eigenvalue weighted by Gasteiger charge is -2.17. The van der Waals surface area contributed by atoms with Crippen LogP contribution < -0.4 is 10.9 Å². The van der Waals surface area contributed by atoms with Gasteiger partial charge in [0.05, 0.1) is 11.3 Å². The topological polar surface area (TPSA) is 70.7 Å². The number of aromatic nitrogens is 3. The number of alkyl halides is 3. The van der Waals surface area contributed by atoms with Crippen molar-refractivity contribution in [3.05, 3.63) is 45.6 Å². The number of H-pyrrole nitrogens is 1. The summed E-state index contributed by atoms with van der Waals surface area (Å²) in [6, 6.07) is 2.63. The first-order chi connectivity index (χ1) is 9.97. The van der Waals surface area contributed by atoms with Gasteiger partial charge in [0.15, 0.2) is 5.69 Å². The Hall–Kier alpha value is -2.22. The van der Waals surface area contributed by atoms with Gasteiger partial charge in [-0.25, -0.2) is 4.98 Å². The SMILES string of the molecule is O=c1[nH]c(-c2cccnc2C(F)(F)F)nc2c1CNCC2. The predicted octanol–water partition coefficient (Wildman–Crippen LogP) is 1.50. The van der Waals surface area contributed by atoms with Gasteiger partial charge in [-0.15, -0.1) is 0 Å². The van der Waals surface area contributed by atoms with Gasteiger partial charge in [0, 0.05) is 31.3 Å². The van der Waals surface area contributed by atoms with Crippen molar-refractivity contribution < 1.29 is 13.2 Å². The van der Waals surface area contributed by atoms with Crippen LogP contribution in [0.5, 0.6) is 0 Å². The average Bonchev–Trinajstić information content (AvgIpc) is 2.46. The van der Waals surface area contributed by atoms with E-state index in [0.717, 1.165) is 6.20 Å². The average molecular weight is 296 g/mol. The highest BCUT2D eigenvalue weighted by Crippen LogP contribution is 2.33. The minimum absolute atomic E-state index is 0.0962. The number of nitrogens with zero attached hydrogens (tertiary/aromatic N) is 2. The molecule has 0 aromatic carbocycles. The van der Waals surface area contributed by atoms with Gasteiger partial charge in [0.25, 0.3) is 5.56 Å². The number of hydrogen-bond acceptors (Lipinski definition) is 4. The Bertz CT molecular complexity index is 739. The predicted molar refractivity (Wildman–Crippen MR) is 68.5 cm³/mol. The number of aromatic amines is 1. The maximum Gasteiger partial charge on any atom is 0.434 e. The van der Waals surface area contributed by atoms with Crippen LogP contribution in [0.25, 0.3) is 11.4 Å². The zero-order valence-corrected chi connectivity index (χ0v) is 10.8. The molecule has 110 valence electrons. The third kappa shape index (κ3) is 2.54. The molecule has 0 bridgehead atoms. The molecular formula is C13H11F3N4O. The summed E-state index contributed by atoms with van der Waals surface area (Å²) in [4.78, 5) is 22.0. The summed E-state index contributed by atoms with van der Waals surface area (Å²) in [6.07, 6.45) is -3.03. The van der Waals surface area contributed by atoms with E-state index in [1.54, 1.807) is 0 Å². The van der Waals surface area contributed by atoms with Crippen molar-refractivity contribution in [1.82, 2.24) is 20.3 Å². The highest BCUT2D eigenvalue weighted by Gasteiger charge is 2.36. The first-order valence-electron chi connectivity index (χ1n) is 6.32. The first-order valence-corrected chi connectivity index (χ1v) is 6.32. The molecule has 0 unspecified atom stereocenters. The van der Waals surface area contributed by atoms with Crippen LogP contribution in [0.4, 0.5) is 13.2 Å². The second kappa shape index (κ2) is 4.96. The highest BCUT2D eigenvalue weighted by atomic mass is 19.4. The Balaban J connectivity index is 2.18. The van der Waals surface area contributed by atoms with Gasteiger partial charge in [-0.1, -0.05) is 0 Å². The molecule has 2 aromatic heterocycles. The summed E-state index contributed by atoms with van der Waals surface area (Å²) in [7, 11) is 0. The second-order valence-corrected chi connectivity index (χ2v) is 4.66. The molecule has 0 spiro atoms. The Morgan fingerprint density at radius 2 is 2.10 bits per heavy atom. The fourth-order valence-corrected chi connectivity index (χ4v) is 2.30.